The van der Waals surface area contributed by atoms with E-state index in [0.29, 0.717) is 5.56 Å². The molecule has 0 radical (unpaired) electrons. The molecule has 3 N–H and O–H groups in total. The van der Waals surface area contributed by atoms with Gasteiger partial charge >= 0.3 is 5.51 Å². The summed E-state index contributed by atoms with van der Waals surface area (Å²) < 4.78 is 41.7. The smallest absolute Gasteiger partial charge is 0.407 e. The van der Waals surface area contributed by atoms with Crippen LogP contribution in [0.15, 0.2) is 76.6 Å². The van der Waals surface area contributed by atoms with Gasteiger partial charge in [-0.3, -0.25) is 10.2 Å². The van der Waals surface area contributed by atoms with E-state index in [1.165, 1.54) is 12.1 Å². The Bertz CT molecular complexity index is 861. The molecule has 2 aromatic carbocycles. The van der Waals surface area contributed by atoms with Crippen LogP contribution < -0.4 is 5.73 Å². The van der Waals surface area contributed by atoms with Crippen LogP contribution in [-0.2, 0) is 4.74 Å². The molecule has 1 amide bonds. The minimum absolute atomic E-state index is 0.0457. The van der Waals surface area contributed by atoms with Gasteiger partial charge in [0.2, 0.25) is 5.90 Å². The summed E-state index contributed by atoms with van der Waals surface area (Å²) in [5, 5.41) is 7.72. The van der Waals surface area contributed by atoms with Gasteiger partial charge in [0, 0.05) is 16.0 Å². The second-order valence-corrected chi connectivity index (χ2v) is 6.43. The number of amides is 1. The van der Waals surface area contributed by atoms with Gasteiger partial charge in [-0.15, -0.1) is 0 Å². The number of benzene rings is 2. The molecule has 5 nitrogen and oxygen atoms in total. The number of nitrogens with one attached hydrogen (secondary N) is 1. The predicted octanol–water partition coefficient (Wildman–Crippen LogP) is 5.38. The molecule has 2 rings (SSSR count). The molecule has 0 atom stereocenters. The molecule has 0 bridgehead atoms. The third-order valence-corrected chi connectivity index (χ3v) is 3.86. The summed E-state index contributed by atoms with van der Waals surface area (Å²) in [5.41, 5.74) is 1.57. The number of hydrogen-bond donors (Lipinski definition) is 2. The van der Waals surface area contributed by atoms with E-state index in [2.05, 4.69) is 4.99 Å². The van der Waals surface area contributed by atoms with Crippen molar-refractivity contribution in [2.45, 2.75) is 24.3 Å². The Morgan fingerprint density at radius 3 is 2.07 bits per heavy atom. The fourth-order valence-corrected chi connectivity index (χ4v) is 2.28. The second kappa shape index (κ2) is 11.7. The monoisotopic (exact) mass is 423 g/mol. The fraction of sp³-hybridized carbons (Fsp3) is 0.150. The van der Waals surface area contributed by atoms with Crippen LogP contribution in [0.2, 0.25) is 0 Å². The molecule has 0 spiro atoms. The molecule has 0 saturated carbocycles. The summed E-state index contributed by atoms with van der Waals surface area (Å²) in [6, 6.07) is 12.6. The van der Waals surface area contributed by atoms with Crippen molar-refractivity contribution in [1.29, 1.82) is 5.41 Å². The van der Waals surface area contributed by atoms with E-state index in [-0.39, 0.29) is 28.1 Å². The van der Waals surface area contributed by atoms with E-state index in [9.17, 15) is 18.0 Å². The highest BCUT2D eigenvalue weighted by atomic mass is 32.2. The molecular formula is C20H20F3N3O2S. The number of nitrogens with zero attached hydrogens (tertiary/aromatic N) is 1. The summed E-state index contributed by atoms with van der Waals surface area (Å²) in [6.07, 6.45) is 4.00. The number of carbonyl (C=O) groups is 1. The number of thioether (sulfide) groups is 1. The topological polar surface area (TPSA) is 88.5 Å². The van der Waals surface area contributed by atoms with Gasteiger partial charge in [-0.1, -0.05) is 30.4 Å². The molecule has 0 aliphatic rings. The Labute approximate surface area is 171 Å². The van der Waals surface area contributed by atoms with Crippen LogP contribution >= 0.6 is 11.8 Å². The zero-order valence-electron chi connectivity index (χ0n) is 15.7. The van der Waals surface area contributed by atoms with Crippen molar-refractivity contribution in [2.24, 2.45) is 10.7 Å². The second-order valence-electron chi connectivity index (χ2n) is 5.29. The van der Waals surface area contributed by atoms with E-state index in [4.69, 9.17) is 15.9 Å². The van der Waals surface area contributed by atoms with Crippen LogP contribution in [0.1, 0.15) is 29.8 Å². The van der Waals surface area contributed by atoms with Crippen LogP contribution in [0, 0.1) is 5.41 Å². The molecule has 154 valence electrons. The zero-order valence-corrected chi connectivity index (χ0v) is 16.6. The summed E-state index contributed by atoms with van der Waals surface area (Å²) >= 11 is -0.284. The SMILES string of the molecule is C/C=C\C.N=C(OC(N)=NC(=O)c1ccc(SC(F)(F)F)cc1)c1ccccc1. The fourth-order valence-electron chi connectivity index (χ4n) is 1.74. The van der Waals surface area contributed by atoms with Gasteiger partial charge < -0.3 is 10.5 Å². The lowest BCUT2D eigenvalue weighted by molar-refractivity contribution is -0.0328. The molecule has 9 heteroatoms. The van der Waals surface area contributed by atoms with Gasteiger partial charge in [0.25, 0.3) is 11.9 Å². The average molecular weight is 423 g/mol. The number of aliphatic imine (C=N–C) groups is 1. The van der Waals surface area contributed by atoms with E-state index in [1.807, 2.05) is 26.0 Å². The van der Waals surface area contributed by atoms with Crippen molar-refractivity contribution >= 4 is 29.6 Å². The third-order valence-electron chi connectivity index (χ3n) is 3.12. The highest BCUT2D eigenvalue weighted by molar-refractivity contribution is 8.00. The van der Waals surface area contributed by atoms with Crippen LogP contribution in [0.5, 0.6) is 0 Å². The normalized spacial score (nSPS) is 11.6. The summed E-state index contributed by atoms with van der Waals surface area (Å²) in [7, 11) is 0. The van der Waals surface area contributed by atoms with Crippen LogP contribution in [0.3, 0.4) is 0 Å². The molecule has 0 fully saturated rings. The predicted molar refractivity (Wildman–Crippen MR) is 109 cm³/mol. The maximum Gasteiger partial charge on any atom is 0.446 e. The van der Waals surface area contributed by atoms with Gasteiger partial charge in [0.1, 0.15) is 0 Å². The number of alkyl halides is 3. The maximum absolute atomic E-state index is 12.3. The van der Waals surface area contributed by atoms with Gasteiger partial charge in [0.05, 0.1) is 0 Å². The van der Waals surface area contributed by atoms with Gasteiger partial charge in [0.15, 0.2) is 0 Å². The largest absolute Gasteiger partial charge is 0.446 e. The zero-order chi connectivity index (χ0) is 21.9. The summed E-state index contributed by atoms with van der Waals surface area (Å²) in [5.74, 6) is -1.08. The van der Waals surface area contributed by atoms with Crippen molar-refractivity contribution in [3.8, 4) is 0 Å². The minimum Gasteiger partial charge on any atom is -0.407 e. The number of hydrogen-bond acceptors (Lipinski definition) is 4. The van der Waals surface area contributed by atoms with Crippen LogP contribution in [0.4, 0.5) is 13.2 Å². The molecule has 0 saturated heterocycles. The van der Waals surface area contributed by atoms with Crippen molar-refractivity contribution in [2.75, 3.05) is 0 Å². The quantitative estimate of drug-likeness (QED) is 0.300. The standard InChI is InChI=1S/C16H12F3N3O2S.C4H8/c17-16(18,19)25-12-8-6-11(7-9-12)14(23)22-15(21)24-13(20)10-4-2-1-3-5-10;1-3-4-2/h1-9,20H,(H2,21,22,23);3-4H,1-2H3/b;4-3-. The number of carbonyl (C=O) groups excluding carboxylic acids is 1. The lowest BCUT2D eigenvalue weighted by Crippen LogP contribution is -2.22. The summed E-state index contributed by atoms with van der Waals surface area (Å²) in [4.78, 5) is 15.4. The number of rotatable bonds is 3. The minimum atomic E-state index is -4.40. The van der Waals surface area contributed by atoms with Gasteiger partial charge in [-0.2, -0.15) is 18.2 Å². The van der Waals surface area contributed by atoms with Crippen LogP contribution in [-0.4, -0.2) is 23.3 Å². The highest BCUT2D eigenvalue weighted by Gasteiger charge is 2.29. The first-order valence-electron chi connectivity index (χ1n) is 8.29. The Kier molecular flexibility index (Phi) is 9.67. The Hall–Kier alpha value is -3.07. The van der Waals surface area contributed by atoms with Crippen LogP contribution in [0.25, 0.3) is 0 Å². The first-order chi connectivity index (χ1) is 13.7. The number of ether oxygens (including phenoxy) is 1. The van der Waals surface area contributed by atoms with Gasteiger partial charge in [-0.05, 0) is 62.0 Å². The van der Waals surface area contributed by atoms with Crippen molar-refractivity contribution in [1.82, 2.24) is 0 Å². The number of halogens is 3. The third kappa shape index (κ3) is 9.61. The van der Waals surface area contributed by atoms with Crippen molar-refractivity contribution < 1.29 is 22.7 Å². The first-order valence-corrected chi connectivity index (χ1v) is 9.11. The molecule has 0 heterocycles. The Morgan fingerprint density at radius 1 is 1.03 bits per heavy atom. The Balaban J connectivity index is 0.000000960. The molecule has 0 aromatic heterocycles. The van der Waals surface area contributed by atoms with E-state index < -0.39 is 17.4 Å². The molecule has 0 unspecified atom stereocenters. The molecule has 0 aliphatic heterocycles. The Morgan fingerprint density at radius 2 is 1.59 bits per heavy atom. The highest BCUT2D eigenvalue weighted by Crippen LogP contribution is 2.36. The van der Waals surface area contributed by atoms with E-state index in [0.717, 1.165) is 12.1 Å². The average Bonchev–Trinajstić information content (AvgIpc) is 2.68. The van der Waals surface area contributed by atoms with Gasteiger partial charge in [-0.25, -0.2) is 0 Å². The molecular weight excluding hydrogens is 403 g/mol. The van der Waals surface area contributed by atoms with Crippen molar-refractivity contribution in [3.05, 3.63) is 77.9 Å². The number of amidine groups is 1. The van der Waals surface area contributed by atoms with E-state index in [1.54, 1.807) is 30.3 Å². The number of nitrogens with two attached hydrogens (primary N) is 1. The maximum atomic E-state index is 12.3. The van der Waals surface area contributed by atoms with E-state index >= 15 is 0 Å². The lowest BCUT2D eigenvalue weighted by Gasteiger charge is -2.06. The molecule has 0 aliphatic carbocycles. The molecule has 29 heavy (non-hydrogen) atoms. The van der Waals surface area contributed by atoms with Crippen molar-refractivity contribution in [3.63, 3.8) is 0 Å². The molecule has 2 aromatic rings. The first kappa shape index (κ1) is 24.0. The lowest BCUT2D eigenvalue weighted by atomic mass is 10.2. The summed E-state index contributed by atoms with van der Waals surface area (Å²) in [6.45, 7) is 4.00. The number of allylic oxidation sites excluding steroid dienone is 2.